The first-order chi connectivity index (χ1) is 10.8. The van der Waals surface area contributed by atoms with Gasteiger partial charge in [0.2, 0.25) is 0 Å². The van der Waals surface area contributed by atoms with E-state index in [0.717, 1.165) is 17.6 Å². The number of hydrogen-bond acceptors (Lipinski definition) is 1. The summed E-state index contributed by atoms with van der Waals surface area (Å²) < 4.78 is 0. The molecule has 1 nitrogen and oxygen atoms in total. The molecular formula is C22H27N. The summed E-state index contributed by atoms with van der Waals surface area (Å²) in [6, 6.07) is 14.7. The van der Waals surface area contributed by atoms with Crippen LogP contribution in [0.4, 0.5) is 0 Å². The minimum Gasteiger partial charge on any atom is -0.322 e. The molecule has 2 aromatic carbocycles. The van der Waals surface area contributed by atoms with Crippen LogP contribution in [0, 0.1) is 13.8 Å². The van der Waals surface area contributed by atoms with Crippen LogP contribution in [-0.2, 0) is 12.0 Å². The van der Waals surface area contributed by atoms with Gasteiger partial charge in [0.15, 0.2) is 0 Å². The third-order valence-corrected chi connectivity index (χ3v) is 4.01. The number of nitrogens with two attached hydrogens (primary N) is 1. The van der Waals surface area contributed by atoms with E-state index in [1.807, 2.05) is 18.2 Å². The highest BCUT2D eigenvalue weighted by molar-refractivity contribution is 5.71. The predicted molar refractivity (Wildman–Crippen MR) is 101 cm³/mol. The van der Waals surface area contributed by atoms with Crippen molar-refractivity contribution in [3.63, 3.8) is 0 Å². The highest BCUT2D eigenvalue weighted by Gasteiger charge is 2.20. The van der Waals surface area contributed by atoms with Gasteiger partial charge in [0.05, 0.1) is 0 Å². The zero-order chi connectivity index (χ0) is 17.0. The second kappa shape index (κ2) is 6.97. The molecule has 0 aliphatic rings. The molecule has 0 saturated heterocycles. The van der Waals surface area contributed by atoms with Crippen molar-refractivity contribution < 1.29 is 0 Å². The third kappa shape index (κ3) is 4.43. The first-order valence-electron chi connectivity index (χ1n) is 8.09. The van der Waals surface area contributed by atoms with Crippen molar-refractivity contribution in [2.75, 3.05) is 0 Å². The van der Waals surface area contributed by atoms with E-state index in [1.165, 1.54) is 22.3 Å². The van der Waals surface area contributed by atoms with Crippen LogP contribution in [0.15, 0.2) is 61.2 Å². The predicted octanol–water partition coefficient (Wildman–Crippen LogP) is 5.31. The van der Waals surface area contributed by atoms with Gasteiger partial charge in [-0.3, -0.25) is 0 Å². The standard InChI is InChI=1S/C22H27N/c1-16-14-18(3)21(22(4,5)23)20(15-16)13-9-10-17(2)19-11-7-6-8-12-19/h6-12,14-15H,2,13,23H2,1,3-5H3/b10-9-. The average Bonchev–Trinajstić information content (AvgIpc) is 2.45. The maximum Gasteiger partial charge on any atom is 0.0357 e. The first-order valence-corrected chi connectivity index (χ1v) is 8.09. The van der Waals surface area contributed by atoms with E-state index < -0.39 is 0 Å². The summed E-state index contributed by atoms with van der Waals surface area (Å²) in [5.41, 5.74) is 13.3. The summed E-state index contributed by atoms with van der Waals surface area (Å²) in [5.74, 6) is 0. The van der Waals surface area contributed by atoms with Gasteiger partial charge in [-0.25, -0.2) is 0 Å². The fourth-order valence-corrected chi connectivity index (χ4v) is 3.22. The maximum absolute atomic E-state index is 6.39. The Morgan fingerprint density at radius 2 is 1.78 bits per heavy atom. The lowest BCUT2D eigenvalue weighted by molar-refractivity contribution is 0.545. The third-order valence-electron chi connectivity index (χ3n) is 4.01. The van der Waals surface area contributed by atoms with Gasteiger partial charge in [-0.05, 0) is 61.9 Å². The van der Waals surface area contributed by atoms with Crippen LogP contribution in [0.2, 0.25) is 0 Å². The molecule has 0 heterocycles. The Hall–Kier alpha value is -2.12. The van der Waals surface area contributed by atoms with Crippen molar-refractivity contribution >= 4 is 5.57 Å². The number of rotatable bonds is 5. The van der Waals surface area contributed by atoms with E-state index in [1.54, 1.807) is 0 Å². The summed E-state index contributed by atoms with van der Waals surface area (Å²) in [6.45, 7) is 12.6. The summed E-state index contributed by atoms with van der Waals surface area (Å²) >= 11 is 0. The lowest BCUT2D eigenvalue weighted by Crippen LogP contribution is -2.31. The minimum atomic E-state index is -0.336. The van der Waals surface area contributed by atoms with E-state index in [-0.39, 0.29) is 5.54 Å². The molecule has 0 aromatic heterocycles. The van der Waals surface area contributed by atoms with Crippen molar-refractivity contribution in [2.24, 2.45) is 5.73 Å². The van der Waals surface area contributed by atoms with Gasteiger partial charge in [0.25, 0.3) is 0 Å². The van der Waals surface area contributed by atoms with Crippen molar-refractivity contribution in [3.8, 4) is 0 Å². The van der Waals surface area contributed by atoms with E-state index in [4.69, 9.17) is 5.73 Å². The SMILES string of the molecule is C=C(/C=C\Cc1cc(C)cc(C)c1C(C)(C)N)c1ccccc1. The fraction of sp³-hybridized carbons (Fsp3) is 0.273. The molecule has 0 aliphatic carbocycles. The van der Waals surface area contributed by atoms with Crippen LogP contribution in [0.25, 0.3) is 5.57 Å². The minimum absolute atomic E-state index is 0.336. The number of aryl methyl sites for hydroxylation is 2. The van der Waals surface area contributed by atoms with Crippen LogP contribution in [0.3, 0.4) is 0 Å². The highest BCUT2D eigenvalue weighted by Crippen LogP contribution is 2.27. The number of benzene rings is 2. The second-order valence-electron chi connectivity index (χ2n) is 6.84. The summed E-state index contributed by atoms with van der Waals surface area (Å²) in [6.07, 6.45) is 5.14. The van der Waals surface area contributed by atoms with Crippen LogP contribution in [0.1, 0.15) is 41.7 Å². The molecule has 0 radical (unpaired) electrons. The molecule has 2 aromatic rings. The zero-order valence-electron chi connectivity index (χ0n) is 14.7. The van der Waals surface area contributed by atoms with Gasteiger partial charge in [0, 0.05) is 5.54 Å². The van der Waals surface area contributed by atoms with Gasteiger partial charge >= 0.3 is 0 Å². The maximum atomic E-state index is 6.39. The monoisotopic (exact) mass is 305 g/mol. The average molecular weight is 305 g/mol. The molecule has 0 spiro atoms. The first kappa shape index (κ1) is 17.2. The Balaban J connectivity index is 2.24. The summed E-state index contributed by atoms with van der Waals surface area (Å²) in [4.78, 5) is 0. The van der Waals surface area contributed by atoms with Gasteiger partial charge in [-0.2, -0.15) is 0 Å². The van der Waals surface area contributed by atoms with Crippen LogP contribution in [-0.4, -0.2) is 0 Å². The topological polar surface area (TPSA) is 26.0 Å². The second-order valence-corrected chi connectivity index (χ2v) is 6.84. The van der Waals surface area contributed by atoms with Crippen molar-refractivity contribution in [1.82, 2.24) is 0 Å². The number of hydrogen-bond donors (Lipinski definition) is 1. The lowest BCUT2D eigenvalue weighted by Gasteiger charge is -2.25. The molecule has 0 atom stereocenters. The molecule has 0 saturated carbocycles. The van der Waals surface area contributed by atoms with Crippen LogP contribution >= 0.6 is 0 Å². The van der Waals surface area contributed by atoms with E-state index in [9.17, 15) is 0 Å². The normalized spacial score (nSPS) is 11.9. The largest absolute Gasteiger partial charge is 0.322 e. The molecule has 2 rings (SSSR count). The molecule has 0 fully saturated rings. The molecule has 0 aliphatic heterocycles. The molecule has 0 unspecified atom stereocenters. The van der Waals surface area contributed by atoms with Gasteiger partial charge in [-0.1, -0.05) is 66.8 Å². The molecule has 120 valence electrons. The number of allylic oxidation sites excluding steroid dienone is 3. The Labute approximate surface area is 140 Å². The van der Waals surface area contributed by atoms with Crippen molar-refractivity contribution in [2.45, 2.75) is 39.7 Å². The van der Waals surface area contributed by atoms with Crippen molar-refractivity contribution in [1.29, 1.82) is 0 Å². The van der Waals surface area contributed by atoms with Crippen molar-refractivity contribution in [3.05, 3.63) is 89.0 Å². The highest BCUT2D eigenvalue weighted by atomic mass is 14.7. The molecule has 2 N–H and O–H groups in total. The van der Waals surface area contributed by atoms with Crippen LogP contribution in [0.5, 0.6) is 0 Å². The van der Waals surface area contributed by atoms with E-state index >= 15 is 0 Å². The van der Waals surface area contributed by atoms with Gasteiger partial charge in [-0.15, -0.1) is 0 Å². The quantitative estimate of drug-likeness (QED) is 0.744. The summed E-state index contributed by atoms with van der Waals surface area (Å²) in [5, 5.41) is 0. The Morgan fingerprint density at radius 3 is 2.39 bits per heavy atom. The molecule has 23 heavy (non-hydrogen) atoms. The molecule has 1 heteroatoms. The van der Waals surface area contributed by atoms with E-state index in [2.05, 4.69) is 70.7 Å². The Kier molecular flexibility index (Phi) is 5.23. The lowest BCUT2D eigenvalue weighted by atomic mass is 9.85. The molecule has 0 bridgehead atoms. The smallest absolute Gasteiger partial charge is 0.0357 e. The van der Waals surface area contributed by atoms with Gasteiger partial charge < -0.3 is 5.73 Å². The summed E-state index contributed by atoms with van der Waals surface area (Å²) in [7, 11) is 0. The van der Waals surface area contributed by atoms with E-state index in [0.29, 0.717) is 0 Å². The van der Waals surface area contributed by atoms with Gasteiger partial charge in [0.1, 0.15) is 0 Å². The molecule has 0 amide bonds. The molecular weight excluding hydrogens is 278 g/mol. The Bertz CT molecular complexity index is 716. The van der Waals surface area contributed by atoms with Crippen LogP contribution < -0.4 is 5.73 Å². The Morgan fingerprint density at radius 1 is 1.13 bits per heavy atom. The fourth-order valence-electron chi connectivity index (χ4n) is 3.22. The zero-order valence-corrected chi connectivity index (χ0v) is 14.7.